The molecule has 0 spiro atoms. The van der Waals surface area contributed by atoms with E-state index in [1.54, 1.807) is 17.7 Å². The number of carbonyl (C=O) groups excluding carboxylic acids is 1. The Labute approximate surface area is 201 Å². The zero-order valence-electron chi connectivity index (χ0n) is 18.2. The molecular formula is C25H25N5OS2. The fourth-order valence-corrected chi connectivity index (χ4v) is 5.71. The van der Waals surface area contributed by atoms with Crippen molar-refractivity contribution in [3.05, 3.63) is 77.9 Å². The van der Waals surface area contributed by atoms with Gasteiger partial charge in [0.25, 0.3) is 0 Å². The van der Waals surface area contributed by atoms with Crippen molar-refractivity contribution in [3.63, 3.8) is 0 Å². The Balaban J connectivity index is 1.10. The Kier molecular flexibility index (Phi) is 6.85. The number of benzene rings is 2. The summed E-state index contributed by atoms with van der Waals surface area (Å²) in [5, 5.41) is 5.84. The van der Waals surface area contributed by atoms with Crippen LogP contribution in [0, 0.1) is 0 Å². The van der Waals surface area contributed by atoms with Gasteiger partial charge in [-0.15, -0.1) is 11.3 Å². The summed E-state index contributed by atoms with van der Waals surface area (Å²) in [6.07, 6.45) is 1.55. The summed E-state index contributed by atoms with van der Waals surface area (Å²) in [5.74, 6) is 0.278. The van der Waals surface area contributed by atoms with Gasteiger partial charge in [-0.25, -0.2) is 9.97 Å². The predicted octanol–water partition coefficient (Wildman–Crippen LogP) is 4.74. The lowest BCUT2D eigenvalue weighted by molar-refractivity contribution is -0.113. The van der Waals surface area contributed by atoms with Gasteiger partial charge in [0.2, 0.25) is 5.91 Å². The lowest BCUT2D eigenvalue weighted by atomic mass is 10.2. The van der Waals surface area contributed by atoms with E-state index in [2.05, 4.69) is 67.5 Å². The van der Waals surface area contributed by atoms with Gasteiger partial charge in [-0.1, -0.05) is 42.1 Å². The number of piperazine rings is 1. The number of rotatable bonds is 7. The molecule has 1 aliphatic rings. The molecule has 0 unspecified atom stereocenters. The highest BCUT2D eigenvalue weighted by atomic mass is 32.2. The third-order valence-electron chi connectivity index (χ3n) is 5.69. The minimum absolute atomic E-state index is 0.0365. The molecule has 4 aromatic rings. The van der Waals surface area contributed by atoms with Crippen molar-refractivity contribution >= 4 is 50.6 Å². The molecule has 5 rings (SSSR count). The van der Waals surface area contributed by atoms with Crippen LogP contribution in [0.4, 0.5) is 11.4 Å². The molecule has 168 valence electrons. The molecule has 33 heavy (non-hydrogen) atoms. The molecule has 1 aliphatic heterocycles. The van der Waals surface area contributed by atoms with Gasteiger partial charge < -0.3 is 10.2 Å². The van der Waals surface area contributed by atoms with Gasteiger partial charge in [0, 0.05) is 44.1 Å². The van der Waals surface area contributed by atoms with Crippen LogP contribution < -0.4 is 10.2 Å². The number of hydrogen-bond acceptors (Lipinski definition) is 7. The van der Waals surface area contributed by atoms with Crippen molar-refractivity contribution in [2.45, 2.75) is 11.6 Å². The van der Waals surface area contributed by atoms with Crippen LogP contribution in [-0.2, 0) is 11.3 Å². The lowest BCUT2D eigenvalue weighted by Gasteiger charge is -2.36. The van der Waals surface area contributed by atoms with Gasteiger partial charge in [0.15, 0.2) is 0 Å². The van der Waals surface area contributed by atoms with Gasteiger partial charge in [-0.2, -0.15) is 0 Å². The zero-order chi connectivity index (χ0) is 22.5. The van der Waals surface area contributed by atoms with Crippen molar-refractivity contribution in [2.24, 2.45) is 0 Å². The summed E-state index contributed by atoms with van der Waals surface area (Å²) < 4.78 is 1.03. The average Bonchev–Trinajstić information content (AvgIpc) is 3.34. The monoisotopic (exact) mass is 475 g/mol. The van der Waals surface area contributed by atoms with E-state index in [1.165, 1.54) is 23.0 Å². The van der Waals surface area contributed by atoms with Gasteiger partial charge in [0.05, 0.1) is 16.0 Å². The van der Waals surface area contributed by atoms with Crippen molar-refractivity contribution < 1.29 is 4.79 Å². The van der Waals surface area contributed by atoms with Crippen LogP contribution in [-0.4, -0.2) is 52.7 Å². The van der Waals surface area contributed by atoms with Crippen LogP contribution in [0.5, 0.6) is 0 Å². The molecule has 2 aromatic carbocycles. The van der Waals surface area contributed by atoms with E-state index in [4.69, 9.17) is 0 Å². The largest absolute Gasteiger partial charge is 0.369 e. The standard InChI is InChI=1S/C25H25N5OS2/c31-23(17-33-25-24-22(10-15-32-24)26-18-27-25)28-20-6-8-21(9-7-20)30-13-11-29(12-14-30)16-19-4-2-1-3-5-19/h1-10,15,18H,11-14,16-17H2,(H,28,31). The number of fused-ring (bicyclic) bond motifs is 1. The SMILES string of the molecule is O=C(CSc1ncnc2ccsc12)Nc1ccc(N2CCN(Cc3ccccc3)CC2)cc1. The van der Waals surface area contributed by atoms with E-state index < -0.39 is 0 Å². The number of aromatic nitrogens is 2. The summed E-state index contributed by atoms with van der Waals surface area (Å²) in [5.41, 5.74) is 4.30. The van der Waals surface area contributed by atoms with Crippen molar-refractivity contribution in [2.75, 3.05) is 42.1 Å². The van der Waals surface area contributed by atoms with E-state index in [0.717, 1.165) is 53.7 Å². The number of nitrogens with one attached hydrogen (secondary N) is 1. The Hall–Kier alpha value is -2.94. The minimum atomic E-state index is -0.0365. The fourth-order valence-electron chi connectivity index (χ4n) is 3.96. The first-order chi connectivity index (χ1) is 16.2. The predicted molar refractivity (Wildman–Crippen MR) is 137 cm³/mol. The maximum atomic E-state index is 12.4. The molecule has 3 heterocycles. The summed E-state index contributed by atoms with van der Waals surface area (Å²) in [6.45, 7) is 5.11. The molecule has 0 atom stereocenters. The van der Waals surface area contributed by atoms with E-state index in [1.807, 2.05) is 23.6 Å². The third-order valence-corrected chi connectivity index (χ3v) is 7.72. The number of amides is 1. The van der Waals surface area contributed by atoms with Gasteiger partial charge in [0.1, 0.15) is 11.4 Å². The number of thiophene rings is 1. The summed E-state index contributed by atoms with van der Waals surface area (Å²) in [6, 6.07) is 20.8. The first-order valence-corrected chi connectivity index (χ1v) is 12.8. The molecule has 2 aromatic heterocycles. The van der Waals surface area contributed by atoms with Gasteiger partial charge >= 0.3 is 0 Å². The van der Waals surface area contributed by atoms with Crippen molar-refractivity contribution in [1.82, 2.24) is 14.9 Å². The normalized spacial score (nSPS) is 14.5. The van der Waals surface area contributed by atoms with Crippen LogP contribution in [0.25, 0.3) is 10.2 Å². The second-order valence-electron chi connectivity index (χ2n) is 7.95. The van der Waals surface area contributed by atoms with E-state index in [0.29, 0.717) is 5.75 Å². The van der Waals surface area contributed by atoms with Crippen LogP contribution >= 0.6 is 23.1 Å². The number of carbonyl (C=O) groups is 1. The number of nitrogens with zero attached hydrogens (tertiary/aromatic N) is 4. The van der Waals surface area contributed by atoms with Crippen LogP contribution in [0.15, 0.2) is 77.4 Å². The summed E-state index contributed by atoms with van der Waals surface area (Å²) in [4.78, 5) is 25.9. The fraction of sp³-hybridized carbons (Fsp3) is 0.240. The molecule has 1 N–H and O–H groups in total. The minimum Gasteiger partial charge on any atom is -0.369 e. The van der Waals surface area contributed by atoms with Crippen molar-refractivity contribution in [3.8, 4) is 0 Å². The van der Waals surface area contributed by atoms with Crippen molar-refractivity contribution in [1.29, 1.82) is 0 Å². The van der Waals surface area contributed by atoms with E-state index in [-0.39, 0.29) is 5.91 Å². The molecule has 8 heteroatoms. The first kappa shape index (κ1) is 21.9. The Morgan fingerprint density at radius 2 is 1.76 bits per heavy atom. The summed E-state index contributed by atoms with van der Waals surface area (Å²) in [7, 11) is 0. The molecule has 0 aliphatic carbocycles. The third kappa shape index (κ3) is 5.52. The van der Waals surface area contributed by atoms with Crippen LogP contribution in [0.1, 0.15) is 5.56 Å². The van der Waals surface area contributed by atoms with E-state index in [9.17, 15) is 4.79 Å². The second-order valence-corrected chi connectivity index (χ2v) is 9.83. The van der Waals surface area contributed by atoms with Crippen LogP contribution in [0.2, 0.25) is 0 Å². The molecule has 0 bridgehead atoms. The molecule has 1 fully saturated rings. The quantitative estimate of drug-likeness (QED) is 0.308. The highest BCUT2D eigenvalue weighted by molar-refractivity contribution is 8.00. The molecule has 0 radical (unpaired) electrons. The maximum absolute atomic E-state index is 12.4. The highest BCUT2D eigenvalue weighted by Crippen LogP contribution is 2.28. The van der Waals surface area contributed by atoms with Crippen LogP contribution in [0.3, 0.4) is 0 Å². The molecule has 6 nitrogen and oxygen atoms in total. The van der Waals surface area contributed by atoms with Gasteiger partial charge in [-0.05, 0) is 41.3 Å². The van der Waals surface area contributed by atoms with E-state index >= 15 is 0 Å². The van der Waals surface area contributed by atoms with Gasteiger partial charge in [-0.3, -0.25) is 9.69 Å². The molecule has 0 saturated carbocycles. The molecule has 1 saturated heterocycles. The lowest BCUT2D eigenvalue weighted by Crippen LogP contribution is -2.45. The highest BCUT2D eigenvalue weighted by Gasteiger charge is 2.17. The maximum Gasteiger partial charge on any atom is 0.234 e. The Bertz CT molecular complexity index is 1200. The Morgan fingerprint density at radius 3 is 2.55 bits per heavy atom. The topological polar surface area (TPSA) is 61.4 Å². The number of thioether (sulfide) groups is 1. The molecule has 1 amide bonds. The second kappa shape index (κ2) is 10.3. The molecular weight excluding hydrogens is 450 g/mol. The average molecular weight is 476 g/mol. The smallest absolute Gasteiger partial charge is 0.234 e. The summed E-state index contributed by atoms with van der Waals surface area (Å²) >= 11 is 3.04. The zero-order valence-corrected chi connectivity index (χ0v) is 19.8. The first-order valence-electron chi connectivity index (χ1n) is 11.0. The number of hydrogen-bond donors (Lipinski definition) is 1. The Morgan fingerprint density at radius 1 is 0.970 bits per heavy atom. The number of anilines is 2.